The molecule has 0 fully saturated rings. The van der Waals surface area contributed by atoms with Gasteiger partial charge in [0.2, 0.25) is 0 Å². The number of aryl methyl sites for hydroxylation is 1. The first-order chi connectivity index (χ1) is 17.6. The summed E-state index contributed by atoms with van der Waals surface area (Å²) in [5.41, 5.74) is -8.15. The second kappa shape index (κ2) is 8.01. The first kappa shape index (κ1) is 25.2. The van der Waals surface area contributed by atoms with Crippen LogP contribution in [0.2, 0.25) is 0 Å². The van der Waals surface area contributed by atoms with Crippen molar-refractivity contribution in [3.8, 4) is 16.8 Å². The van der Waals surface area contributed by atoms with E-state index in [0.29, 0.717) is 10.6 Å². The number of alkyl halides is 6. The Morgan fingerprint density at radius 3 is 1.47 bits per heavy atom. The zero-order valence-corrected chi connectivity index (χ0v) is 19.4. The predicted molar refractivity (Wildman–Crippen MR) is 127 cm³/mol. The van der Waals surface area contributed by atoms with E-state index in [9.17, 15) is 45.5 Å². The molecule has 0 aliphatic heterocycles. The Hall–Kier alpha value is -4.48. The third kappa shape index (κ3) is 3.66. The van der Waals surface area contributed by atoms with Crippen LogP contribution in [0.5, 0.6) is 0 Å². The molecule has 12 heteroatoms. The number of hydrogen-bond acceptors (Lipinski definition) is 4. The molecule has 0 saturated heterocycles. The number of fused-ring (bicyclic) bond motifs is 2. The van der Waals surface area contributed by atoms with Crippen molar-refractivity contribution in [2.45, 2.75) is 19.3 Å². The summed E-state index contributed by atoms with van der Waals surface area (Å²) in [4.78, 5) is 50.7. The molecular weight excluding hydrogens is 518 g/mol. The number of halogens is 6. The van der Waals surface area contributed by atoms with E-state index >= 15 is 0 Å². The molecule has 0 aliphatic rings. The SMILES string of the molecule is Cc1ccc(-c2ccc(-n3c(=O)c4cc5c(=O)n(C)c(=O)c5cc4c3=O)cc2C(F)(F)F)c(C(F)(F)F)c1. The molecule has 0 radical (unpaired) electrons. The van der Waals surface area contributed by atoms with Crippen LogP contribution in [0.3, 0.4) is 0 Å². The molecule has 2 aromatic heterocycles. The Morgan fingerprint density at radius 2 is 1.00 bits per heavy atom. The lowest BCUT2D eigenvalue weighted by atomic mass is 9.93. The van der Waals surface area contributed by atoms with E-state index in [2.05, 4.69) is 0 Å². The highest BCUT2D eigenvalue weighted by atomic mass is 19.4. The van der Waals surface area contributed by atoms with Gasteiger partial charge in [-0.15, -0.1) is 0 Å². The Labute approximate surface area is 207 Å². The van der Waals surface area contributed by atoms with Gasteiger partial charge in [-0.2, -0.15) is 26.3 Å². The standard InChI is InChI=1S/C26H14F6N2O4/c1-11-3-5-13(19(7-11)25(27,28)29)14-6-4-12(8-20(14)26(30,31)32)34-23(37)17-9-15-16(10-18(17)24(34)38)22(36)33(2)21(15)35/h3-10H,1-2H3. The van der Waals surface area contributed by atoms with E-state index in [1.807, 2.05) is 0 Å². The summed E-state index contributed by atoms with van der Waals surface area (Å²) in [6.07, 6.45) is -10.1. The highest BCUT2D eigenvalue weighted by molar-refractivity contribution is 5.98. The number of aromatic nitrogens is 2. The minimum absolute atomic E-state index is 0.135. The molecule has 38 heavy (non-hydrogen) atoms. The summed E-state index contributed by atoms with van der Waals surface area (Å²) in [6.45, 7) is 1.37. The fourth-order valence-corrected chi connectivity index (χ4v) is 4.60. The quantitative estimate of drug-likeness (QED) is 0.315. The summed E-state index contributed by atoms with van der Waals surface area (Å²) in [5.74, 6) is 0. The van der Waals surface area contributed by atoms with Crippen molar-refractivity contribution >= 4 is 21.5 Å². The molecule has 5 rings (SSSR count). The number of benzene rings is 3. The topological polar surface area (TPSA) is 78.1 Å². The first-order valence-corrected chi connectivity index (χ1v) is 10.9. The molecule has 3 aromatic carbocycles. The van der Waals surface area contributed by atoms with Crippen LogP contribution >= 0.6 is 0 Å². The highest BCUT2D eigenvalue weighted by Gasteiger charge is 2.39. The molecule has 6 nitrogen and oxygen atoms in total. The second-order valence-electron chi connectivity index (χ2n) is 8.83. The van der Waals surface area contributed by atoms with Gasteiger partial charge in [0.1, 0.15) is 0 Å². The molecular formula is C26H14F6N2O4. The van der Waals surface area contributed by atoms with Crippen molar-refractivity contribution in [2.75, 3.05) is 0 Å². The van der Waals surface area contributed by atoms with Crippen LogP contribution in [0.15, 0.2) is 67.7 Å². The average molecular weight is 532 g/mol. The largest absolute Gasteiger partial charge is 0.417 e. The summed E-state index contributed by atoms with van der Waals surface area (Å²) in [6, 6.07) is 7.10. The molecule has 0 aliphatic carbocycles. The monoisotopic (exact) mass is 532 g/mol. The van der Waals surface area contributed by atoms with Crippen molar-refractivity contribution < 1.29 is 26.3 Å². The van der Waals surface area contributed by atoms with Crippen molar-refractivity contribution in [1.82, 2.24) is 9.13 Å². The zero-order chi connectivity index (χ0) is 27.9. The smallest absolute Gasteiger partial charge is 0.277 e. The third-order valence-electron chi connectivity index (χ3n) is 6.43. The molecule has 0 atom stereocenters. The average Bonchev–Trinajstić information content (AvgIpc) is 3.21. The normalized spacial score (nSPS) is 12.6. The van der Waals surface area contributed by atoms with Crippen LogP contribution in [0.4, 0.5) is 26.3 Å². The van der Waals surface area contributed by atoms with E-state index in [1.165, 1.54) is 20.0 Å². The van der Waals surface area contributed by atoms with Crippen LogP contribution in [-0.2, 0) is 19.4 Å². The molecule has 0 N–H and O–H groups in total. The summed E-state index contributed by atoms with van der Waals surface area (Å²) in [5, 5.41) is -0.851. The summed E-state index contributed by atoms with van der Waals surface area (Å²) in [7, 11) is 1.21. The maximum Gasteiger partial charge on any atom is 0.417 e. The van der Waals surface area contributed by atoms with Crippen LogP contribution in [0.25, 0.3) is 38.4 Å². The lowest BCUT2D eigenvalue weighted by molar-refractivity contribution is -0.139. The maximum atomic E-state index is 14.1. The highest BCUT2D eigenvalue weighted by Crippen LogP contribution is 2.43. The van der Waals surface area contributed by atoms with Crippen molar-refractivity contribution in [3.05, 3.63) is 107 Å². The number of rotatable bonds is 2. The van der Waals surface area contributed by atoms with Gasteiger partial charge < -0.3 is 0 Å². The Kier molecular flexibility index (Phi) is 5.31. The molecule has 5 aromatic rings. The molecule has 0 amide bonds. The third-order valence-corrected chi connectivity index (χ3v) is 6.43. The first-order valence-electron chi connectivity index (χ1n) is 10.9. The molecule has 194 valence electrons. The number of hydrogen-bond donors (Lipinski definition) is 0. The predicted octanol–water partition coefficient (Wildman–Crippen LogP) is 4.45. The van der Waals surface area contributed by atoms with E-state index in [-0.39, 0.29) is 27.1 Å². The molecule has 2 heterocycles. The summed E-state index contributed by atoms with van der Waals surface area (Å²) >= 11 is 0. The number of nitrogens with zero attached hydrogens (tertiary/aromatic N) is 2. The fraction of sp³-hybridized carbons (Fsp3) is 0.154. The fourth-order valence-electron chi connectivity index (χ4n) is 4.60. The zero-order valence-electron chi connectivity index (χ0n) is 19.4. The second-order valence-corrected chi connectivity index (χ2v) is 8.83. The summed E-state index contributed by atoms with van der Waals surface area (Å²) < 4.78 is 84.5. The lowest BCUT2D eigenvalue weighted by Crippen LogP contribution is -2.24. The molecule has 0 spiro atoms. The van der Waals surface area contributed by atoms with Gasteiger partial charge in [-0.25, -0.2) is 4.57 Å². The van der Waals surface area contributed by atoms with Gasteiger partial charge in [0.15, 0.2) is 0 Å². The minimum Gasteiger partial charge on any atom is -0.277 e. The Bertz CT molecular complexity index is 1930. The van der Waals surface area contributed by atoms with E-state index in [4.69, 9.17) is 0 Å². The molecule has 0 bridgehead atoms. The minimum atomic E-state index is -5.15. The van der Waals surface area contributed by atoms with Gasteiger partial charge >= 0.3 is 12.4 Å². The van der Waals surface area contributed by atoms with E-state index in [0.717, 1.165) is 41.0 Å². The van der Waals surface area contributed by atoms with Gasteiger partial charge in [0.05, 0.1) is 38.4 Å². The van der Waals surface area contributed by atoms with Crippen LogP contribution in [0.1, 0.15) is 16.7 Å². The molecule has 0 unspecified atom stereocenters. The van der Waals surface area contributed by atoms with Crippen molar-refractivity contribution in [1.29, 1.82) is 0 Å². The van der Waals surface area contributed by atoms with Crippen molar-refractivity contribution in [3.63, 3.8) is 0 Å². The van der Waals surface area contributed by atoms with E-state index < -0.39 is 62.5 Å². The Balaban J connectivity index is 1.80. The van der Waals surface area contributed by atoms with Gasteiger partial charge in [-0.05, 0) is 48.4 Å². The lowest BCUT2D eigenvalue weighted by Gasteiger charge is -2.19. The maximum absolute atomic E-state index is 14.1. The van der Waals surface area contributed by atoms with Gasteiger partial charge in [-0.3, -0.25) is 23.7 Å². The van der Waals surface area contributed by atoms with Crippen molar-refractivity contribution in [2.24, 2.45) is 7.05 Å². The van der Waals surface area contributed by atoms with Crippen LogP contribution in [0, 0.1) is 6.92 Å². The molecule has 0 saturated carbocycles. The van der Waals surface area contributed by atoms with E-state index in [1.54, 1.807) is 0 Å². The van der Waals surface area contributed by atoms with Gasteiger partial charge in [0, 0.05) is 7.05 Å². The van der Waals surface area contributed by atoms with Gasteiger partial charge in [0.25, 0.3) is 22.2 Å². The van der Waals surface area contributed by atoms with Crippen LogP contribution in [-0.4, -0.2) is 9.13 Å². The Morgan fingerprint density at radius 1 is 0.579 bits per heavy atom. The van der Waals surface area contributed by atoms with Crippen LogP contribution < -0.4 is 22.2 Å². The van der Waals surface area contributed by atoms with Gasteiger partial charge in [-0.1, -0.05) is 23.8 Å².